The fraction of sp³-hybridized carbons (Fsp3) is 0.500. The molecule has 8 heteroatoms. The fourth-order valence-corrected chi connectivity index (χ4v) is 3.44. The minimum atomic E-state index is -4.61. The van der Waals surface area contributed by atoms with Crippen LogP contribution in [-0.4, -0.2) is 37.5 Å². The number of aryl methyl sites for hydroxylation is 1. The molecule has 0 radical (unpaired) electrons. The molecular weight excluding hydrogens is 295 g/mol. The molecule has 114 valence electrons. The maximum absolute atomic E-state index is 12.7. The number of aliphatic hydroxyl groups excluding tert-OH is 1. The van der Waals surface area contributed by atoms with E-state index in [-0.39, 0.29) is 23.5 Å². The Kier molecular flexibility index (Phi) is 5.17. The molecule has 0 aliphatic carbocycles. The molecule has 1 aromatic carbocycles. The standard InChI is InChI=1S/C12H16F3NO3S/c1-3-16(6-7-17)20(18,19)11-8-10(12(13,14)15)5-4-9(11)2/h4-5,8,17H,3,6-7H2,1-2H3. The van der Waals surface area contributed by atoms with Crippen LogP contribution in [0.3, 0.4) is 0 Å². The van der Waals surface area contributed by atoms with E-state index in [1.807, 2.05) is 0 Å². The number of nitrogens with zero attached hydrogens (tertiary/aromatic N) is 1. The minimum absolute atomic E-state index is 0.0680. The van der Waals surface area contributed by atoms with Crippen LogP contribution in [0.5, 0.6) is 0 Å². The second-order valence-corrected chi connectivity index (χ2v) is 6.10. The van der Waals surface area contributed by atoms with Gasteiger partial charge in [0.2, 0.25) is 10.0 Å². The summed E-state index contributed by atoms with van der Waals surface area (Å²) < 4.78 is 63.6. The van der Waals surface area contributed by atoms with Crippen molar-refractivity contribution >= 4 is 10.0 Å². The number of halogens is 3. The first-order chi connectivity index (χ1) is 9.14. The predicted octanol–water partition coefficient (Wildman–Crippen LogP) is 2.02. The maximum atomic E-state index is 12.7. The monoisotopic (exact) mass is 311 g/mol. The van der Waals surface area contributed by atoms with Crippen LogP contribution in [0.25, 0.3) is 0 Å². The van der Waals surface area contributed by atoms with Gasteiger partial charge in [0, 0.05) is 13.1 Å². The molecule has 1 N–H and O–H groups in total. The van der Waals surface area contributed by atoms with Crippen LogP contribution in [0.4, 0.5) is 13.2 Å². The molecule has 1 rings (SSSR count). The Morgan fingerprint density at radius 3 is 2.35 bits per heavy atom. The van der Waals surface area contributed by atoms with E-state index in [9.17, 15) is 21.6 Å². The zero-order valence-corrected chi connectivity index (χ0v) is 11.9. The Labute approximate surface area is 115 Å². The zero-order chi connectivity index (χ0) is 15.6. The van der Waals surface area contributed by atoms with Crippen molar-refractivity contribution in [2.75, 3.05) is 19.7 Å². The van der Waals surface area contributed by atoms with E-state index in [2.05, 4.69) is 0 Å². The lowest BCUT2D eigenvalue weighted by Crippen LogP contribution is -2.34. The molecule has 0 unspecified atom stereocenters. The van der Waals surface area contributed by atoms with Gasteiger partial charge in [-0.3, -0.25) is 0 Å². The molecule has 0 amide bonds. The van der Waals surface area contributed by atoms with Crippen molar-refractivity contribution in [1.82, 2.24) is 4.31 Å². The molecule has 0 fully saturated rings. The molecule has 4 nitrogen and oxygen atoms in total. The summed E-state index contributed by atoms with van der Waals surface area (Å²) in [5.41, 5.74) is -0.781. The third kappa shape index (κ3) is 3.50. The summed E-state index contributed by atoms with van der Waals surface area (Å²) in [4.78, 5) is -0.386. The van der Waals surface area contributed by atoms with Crippen molar-refractivity contribution in [3.05, 3.63) is 29.3 Å². The normalized spacial score (nSPS) is 12.9. The number of hydrogen-bond acceptors (Lipinski definition) is 3. The van der Waals surface area contributed by atoms with E-state index < -0.39 is 28.4 Å². The average molecular weight is 311 g/mol. The summed E-state index contributed by atoms with van der Waals surface area (Å²) in [5.74, 6) is 0. The van der Waals surface area contributed by atoms with E-state index in [0.717, 1.165) is 16.4 Å². The third-order valence-corrected chi connectivity index (χ3v) is 4.95. The largest absolute Gasteiger partial charge is 0.416 e. The number of benzene rings is 1. The number of rotatable bonds is 5. The summed E-state index contributed by atoms with van der Waals surface area (Å²) >= 11 is 0. The SMILES string of the molecule is CCN(CCO)S(=O)(=O)c1cc(C(F)(F)F)ccc1C. The molecule has 0 saturated carbocycles. The molecule has 0 aromatic heterocycles. The van der Waals surface area contributed by atoms with E-state index in [1.165, 1.54) is 6.92 Å². The van der Waals surface area contributed by atoms with E-state index >= 15 is 0 Å². The van der Waals surface area contributed by atoms with Crippen LogP contribution in [0.15, 0.2) is 23.1 Å². The highest BCUT2D eigenvalue weighted by atomic mass is 32.2. The minimum Gasteiger partial charge on any atom is -0.395 e. The van der Waals surface area contributed by atoms with Gasteiger partial charge in [0.05, 0.1) is 17.1 Å². The van der Waals surface area contributed by atoms with Gasteiger partial charge in [-0.1, -0.05) is 13.0 Å². The lowest BCUT2D eigenvalue weighted by Gasteiger charge is -2.21. The van der Waals surface area contributed by atoms with Crippen LogP contribution in [0.2, 0.25) is 0 Å². The molecule has 0 bridgehead atoms. The highest BCUT2D eigenvalue weighted by Crippen LogP contribution is 2.32. The van der Waals surface area contributed by atoms with E-state index in [0.29, 0.717) is 6.07 Å². The molecule has 0 spiro atoms. The molecule has 0 aliphatic heterocycles. The second kappa shape index (κ2) is 6.11. The van der Waals surface area contributed by atoms with Crippen molar-refractivity contribution in [3.8, 4) is 0 Å². The van der Waals surface area contributed by atoms with Crippen LogP contribution >= 0.6 is 0 Å². The van der Waals surface area contributed by atoms with Crippen molar-refractivity contribution in [2.24, 2.45) is 0 Å². The third-order valence-electron chi connectivity index (χ3n) is 2.84. The van der Waals surface area contributed by atoms with Crippen molar-refractivity contribution < 1.29 is 26.7 Å². The summed E-state index contributed by atoms with van der Waals surface area (Å²) in [5, 5.41) is 8.85. The van der Waals surface area contributed by atoms with Gasteiger partial charge >= 0.3 is 6.18 Å². The number of sulfonamides is 1. The molecule has 0 aliphatic rings. The van der Waals surface area contributed by atoms with Gasteiger partial charge in [0.1, 0.15) is 0 Å². The molecule has 0 heterocycles. The van der Waals surface area contributed by atoms with Crippen LogP contribution in [0.1, 0.15) is 18.1 Å². The summed E-state index contributed by atoms with van der Waals surface area (Å²) in [6, 6.07) is 2.60. The van der Waals surface area contributed by atoms with Crippen LogP contribution < -0.4 is 0 Å². The Morgan fingerprint density at radius 2 is 1.90 bits per heavy atom. The number of aliphatic hydroxyl groups is 1. The Balaban J connectivity index is 3.37. The zero-order valence-electron chi connectivity index (χ0n) is 11.1. The number of alkyl halides is 3. The first-order valence-corrected chi connectivity index (χ1v) is 7.37. The molecular formula is C12H16F3NO3S. The Hall–Kier alpha value is -1.12. The molecule has 20 heavy (non-hydrogen) atoms. The van der Waals surface area contributed by atoms with Crippen molar-refractivity contribution in [1.29, 1.82) is 0 Å². The van der Waals surface area contributed by atoms with Gasteiger partial charge in [0.25, 0.3) is 0 Å². The van der Waals surface area contributed by atoms with Crippen molar-refractivity contribution in [3.63, 3.8) is 0 Å². The maximum Gasteiger partial charge on any atom is 0.416 e. The lowest BCUT2D eigenvalue weighted by molar-refractivity contribution is -0.137. The summed E-state index contributed by atoms with van der Waals surface area (Å²) in [6.45, 7) is 2.49. The first kappa shape index (κ1) is 16.9. The summed E-state index contributed by atoms with van der Waals surface area (Å²) in [7, 11) is -4.05. The molecule has 0 atom stereocenters. The van der Waals surface area contributed by atoms with E-state index in [4.69, 9.17) is 5.11 Å². The van der Waals surface area contributed by atoms with Gasteiger partial charge in [-0.25, -0.2) is 8.42 Å². The van der Waals surface area contributed by atoms with Gasteiger partial charge in [-0.05, 0) is 24.6 Å². The summed E-state index contributed by atoms with van der Waals surface area (Å²) in [6.07, 6.45) is -4.61. The quantitative estimate of drug-likeness (QED) is 0.905. The van der Waals surface area contributed by atoms with Gasteiger partial charge in [-0.2, -0.15) is 17.5 Å². The number of likely N-dealkylation sites (N-methyl/N-ethyl adjacent to an activating group) is 1. The van der Waals surface area contributed by atoms with Crippen LogP contribution in [-0.2, 0) is 16.2 Å². The molecule has 1 aromatic rings. The van der Waals surface area contributed by atoms with Gasteiger partial charge < -0.3 is 5.11 Å². The van der Waals surface area contributed by atoms with Gasteiger partial charge in [0.15, 0.2) is 0 Å². The molecule has 0 saturated heterocycles. The van der Waals surface area contributed by atoms with E-state index in [1.54, 1.807) is 6.92 Å². The topological polar surface area (TPSA) is 57.6 Å². The smallest absolute Gasteiger partial charge is 0.395 e. The first-order valence-electron chi connectivity index (χ1n) is 5.93. The van der Waals surface area contributed by atoms with Crippen molar-refractivity contribution in [2.45, 2.75) is 24.9 Å². The number of hydrogen-bond donors (Lipinski definition) is 1. The van der Waals surface area contributed by atoms with Crippen LogP contribution in [0, 0.1) is 6.92 Å². The lowest BCUT2D eigenvalue weighted by atomic mass is 10.1. The Bertz CT molecular complexity index is 570. The average Bonchev–Trinajstić information content (AvgIpc) is 2.34. The Morgan fingerprint density at radius 1 is 1.30 bits per heavy atom. The van der Waals surface area contributed by atoms with Gasteiger partial charge in [-0.15, -0.1) is 0 Å². The highest BCUT2D eigenvalue weighted by molar-refractivity contribution is 7.89. The fourth-order valence-electron chi connectivity index (χ4n) is 1.75. The predicted molar refractivity (Wildman–Crippen MR) is 67.7 cm³/mol. The highest BCUT2D eigenvalue weighted by Gasteiger charge is 2.33. The second-order valence-electron chi connectivity index (χ2n) is 4.20.